The Balaban J connectivity index is 1.88. The highest BCUT2D eigenvalue weighted by molar-refractivity contribution is 5.31. The maximum absolute atomic E-state index is 6.26. The molecule has 0 spiro atoms. The predicted molar refractivity (Wildman–Crippen MR) is 85.0 cm³/mol. The van der Waals surface area contributed by atoms with Gasteiger partial charge in [-0.2, -0.15) is 0 Å². The number of hydrogen-bond acceptors (Lipinski definition) is 2. The summed E-state index contributed by atoms with van der Waals surface area (Å²) in [4.78, 5) is 0. The Morgan fingerprint density at radius 3 is 2.90 bits per heavy atom. The van der Waals surface area contributed by atoms with Crippen molar-refractivity contribution in [2.75, 3.05) is 19.7 Å². The normalized spacial score (nSPS) is 18.9. The Hall–Kier alpha value is -0.860. The zero-order valence-corrected chi connectivity index (χ0v) is 13.2. The Kier molecular flexibility index (Phi) is 5.62. The first-order chi connectivity index (χ1) is 9.62. The molecule has 0 saturated heterocycles. The lowest BCUT2D eigenvalue weighted by Crippen LogP contribution is -2.34. The van der Waals surface area contributed by atoms with Crippen molar-refractivity contribution >= 4 is 0 Å². The molecule has 1 atom stereocenters. The highest BCUT2D eigenvalue weighted by Gasteiger charge is 2.24. The summed E-state index contributed by atoms with van der Waals surface area (Å²) in [6.07, 6.45) is 5.10. The molecule has 0 aliphatic heterocycles. The van der Waals surface area contributed by atoms with Crippen molar-refractivity contribution in [3.8, 4) is 0 Å². The molecular weight excluding hydrogens is 246 g/mol. The summed E-state index contributed by atoms with van der Waals surface area (Å²) in [5.41, 5.74) is 3.09. The molecule has 2 heteroatoms. The van der Waals surface area contributed by atoms with Gasteiger partial charge in [-0.1, -0.05) is 45.0 Å². The van der Waals surface area contributed by atoms with Gasteiger partial charge >= 0.3 is 0 Å². The average molecular weight is 275 g/mol. The minimum absolute atomic E-state index is 0.196. The van der Waals surface area contributed by atoms with Crippen LogP contribution in [0.2, 0.25) is 0 Å². The van der Waals surface area contributed by atoms with Crippen LogP contribution in [0.3, 0.4) is 0 Å². The van der Waals surface area contributed by atoms with E-state index in [-0.39, 0.29) is 5.41 Å². The molecular formula is C18H29NO. The molecule has 0 bridgehead atoms. The third-order valence-corrected chi connectivity index (χ3v) is 4.02. The molecule has 2 nitrogen and oxygen atoms in total. The van der Waals surface area contributed by atoms with Crippen LogP contribution in [0.25, 0.3) is 0 Å². The Labute approximate surface area is 123 Å². The number of ether oxygens (including phenoxy) is 1. The second-order valence-electron chi connectivity index (χ2n) is 6.73. The number of fused-ring (bicyclic) bond motifs is 1. The van der Waals surface area contributed by atoms with E-state index in [1.165, 1.54) is 30.4 Å². The van der Waals surface area contributed by atoms with Crippen molar-refractivity contribution in [3.63, 3.8) is 0 Å². The Morgan fingerprint density at radius 2 is 2.10 bits per heavy atom. The SMILES string of the molecule is CCCNCC(C)(C)COC1CCCc2ccccc21. The van der Waals surface area contributed by atoms with Crippen molar-refractivity contribution in [2.24, 2.45) is 5.41 Å². The summed E-state index contributed by atoms with van der Waals surface area (Å²) in [6.45, 7) is 9.71. The number of aryl methyl sites for hydroxylation is 1. The van der Waals surface area contributed by atoms with E-state index >= 15 is 0 Å². The maximum Gasteiger partial charge on any atom is 0.0828 e. The van der Waals surface area contributed by atoms with Crippen LogP contribution < -0.4 is 5.32 Å². The van der Waals surface area contributed by atoms with Gasteiger partial charge in [-0.15, -0.1) is 0 Å². The molecule has 0 heterocycles. The van der Waals surface area contributed by atoms with Gasteiger partial charge in [0.05, 0.1) is 12.7 Å². The van der Waals surface area contributed by atoms with Gasteiger partial charge in [-0.3, -0.25) is 0 Å². The number of hydrogen-bond donors (Lipinski definition) is 1. The molecule has 112 valence electrons. The van der Waals surface area contributed by atoms with E-state index in [1.54, 1.807) is 0 Å². The van der Waals surface area contributed by atoms with Crippen molar-refractivity contribution in [1.29, 1.82) is 0 Å². The van der Waals surface area contributed by atoms with Crippen LogP contribution in [-0.2, 0) is 11.2 Å². The summed E-state index contributed by atoms with van der Waals surface area (Å²) in [7, 11) is 0. The largest absolute Gasteiger partial charge is 0.373 e. The van der Waals surface area contributed by atoms with Crippen LogP contribution in [0.5, 0.6) is 0 Å². The summed E-state index contributed by atoms with van der Waals surface area (Å²) >= 11 is 0. The Bertz CT molecular complexity index is 414. The first-order valence-electron chi connectivity index (χ1n) is 8.02. The van der Waals surface area contributed by atoms with Gasteiger partial charge in [-0.05, 0) is 43.4 Å². The molecule has 0 amide bonds. The topological polar surface area (TPSA) is 21.3 Å². The zero-order valence-electron chi connectivity index (χ0n) is 13.2. The molecule has 1 unspecified atom stereocenters. The first-order valence-corrected chi connectivity index (χ1v) is 8.02. The molecule has 1 aliphatic rings. The zero-order chi connectivity index (χ0) is 14.4. The monoisotopic (exact) mass is 275 g/mol. The minimum Gasteiger partial charge on any atom is -0.373 e. The second kappa shape index (κ2) is 7.24. The fourth-order valence-corrected chi connectivity index (χ4v) is 2.86. The van der Waals surface area contributed by atoms with Gasteiger partial charge in [0.1, 0.15) is 0 Å². The lowest BCUT2D eigenvalue weighted by molar-refractivity contribution is -0.00659. The molecule has 1 N–H and O–H groups in total. The number of rotatable bonds is 7. The molecule has 1 aromatic carbocycles. The molecule has 0 saturated carbocycles. The average Bonchev–Trinajstić information content (AvgIpc) is 2.45. The fourth-order valence-electron chi connectivity index (χ4n) is 2.86. The number of nitrogens with one attached hydrogen (secondary N) is 1. The smallest absolute Gasteiger partial charge is 0.0828 e. The van der Waals surface area contributed by atoms with Gasteiger partial charge in [0.25, 0.3) is 0 Å². The van der Waals surface area contributed by atoms with Crippen molar-refractivity contribution in [2.45, 2.75) is 52.6 Å². The van der Waals surface area contributed by atoms with E-state index < -0.39 is 0 Å². The predicted octanol–water partition coefficient (Wildman–Crippen LogP) is 4.11. The van der Waals surface area contributed by atoms with E-state index in [0.29, 0.717) is 6.10 Å². The van der Waals surface area contributed by atoms with Crippen LogP contribution >= 0.6 is 0 Å². The lowest BCUT2D eigenvalue weighted by atomic mass is 9.89. The molecule has 1 aromatic rings. The molecule has 0 aromatic heterocycles. The van der Waals surface area contributed by atoms with E-state index in [1.807, 2.05) is 0 Å². The second-order valence-corrected chi connectivity index (χ2v) is 6.73. The van der Waals surface area contributed by atoms with Crippen LogP contribution in [0.4, 0.5) is 0 Å². The van der Waals surface area contributed by atoms with Crippen LogP contribution in [0.15, 0.2) is 24.3 Å². The molecule has 20 heavy (non-hydrogen) atoms. The quantitative estimate of drug-likeness (QED) is 0.756. The van der Waals surface area contributed by atoms with Crippen molar-refractivity contribution < 1.29 is 4.74 Å². The molecule has 0 fully saturated rings. The van der Waals surface area contributed by atoms with Gasteiger partial charge in [0, 0.05) is 12.0 Å². The third kappa shape index (κ3) is 4.32. The highest BCUT2D eigenvalue weighted by Crippen LogP contribution is 2.33. The summed E-state index contributed by atoms with van der Waals surface area (Å²) in [5.74, 6) is 0. The van der Waals surface area contributed by atoms with Gasteiger partial charge in [0.15, 0.2) is 0 Å². The molecule has 0 radical (unpaired) electrons. The molecule has 1 aliphatic carbocycles. The maximum atomic E-state index is 6.26. The highest BCUT2D eigenvalue weighted by atomic mass is 16.5. The van der Waals surface area contributed by atoms with Crippen LogP contribution in [-0.4, -0.2) is 19.7 Å². The fraction of sp³-hybridized carbons (Fsp3) is 0.667. The van der Waals surface area contributed by atoms with Gasteiger partial charge in [-0.25, -0.2) is 0 Å². The summed E-state index contributed by atoms with van der Waals surface area (Å²) < 4.78 is 6.26. The number of benzene rings is 1. The standard InChI is InChI=1S/C18H29NO/c1-4-12-19-13-18(2,3)14-20-17-11-7-9-15-8-5-6-10-16(15)17/h5-6,8,10,17,19H,4,7,9,11-14H2,1-3H3. The van der Waals surface area contributed by atoms with E-state index in [2.05, 4.69) is 50.4 Å². The van der Waals surface area contributed by atoms with E-state index in [9.17, 15) is 0 Å². The van der Waals surface area contributed by atoms with Crippen LogP contribution in [0.1, 0.15) is 57.3 Å². The minimum atomic E-state index is 0.196. The van der Waals surface area contributed by atoms with Crippen LogP contribution in [0, 0.1) is 5.41 Å². The summed E-state index contributed by atoms with van der Waals surface area (Å²) in [5, 5.41) is 3.50. The van der Waals surface area contributed by atoms with Gasteiger partial charge < -0.3 is 10.1 Å². The van der Waals surface area contributed by atoms with Crippen molar-refractivity contribution in [1.82, 2.24) is 5.32 Å². The van der Waals surface area contributed by atoms with E-state index in [4.69, 9.17) is 4.74 Å². The van der Waals surface area contributed by atoms with Gasteiger partial charge in [0.2, 0.25) is 0 Å². The summed E-state index contributed by atoms with van der Waals surface area (Å²) in [6, 6.07) is 8.76. The molecule has 2 rings (SSSR count). The Morgan fingerprint density at radius 1 is 1.30 bits per heavy atom. The lowest BCUT2D eigenvalue weighted by Gasteiger charge is -2.31. The third-order valence-electron chi connectivity index (χ3n) is 4.02. The van der Waals surface area contributed by atoms with Crippen molar-refractivity contribution in [3.05, 3.63) is 35.4 Å². The first kappa shape index (κ1) is 15.5. The van der Waals surface area contributed by atoms with E-state index in [0.717, 1.165) is 26.1 Å².